The minimum absolute atomic E-state index is 0.231. The SMILES string of the molecule is CCN(CC)CCC1CCN(c2ncc(Br)cc2F)CC1. The summed E-state index contributed by atoms with van der Waals surface area (Å²) in [5, 5.41) is 0. The normalized spacial score (nSPS) is 16.7. The number of pyridine rings is 1. The van der Waals surface area contributed by atoms with Gasteiger partial charge in [-0.1, -0.05) is 13.8 Å². The summed E-state index contributed by atoms with van der Waals surface area (Å²) in [5.41, 5.74) is 0. The number of piperidine rings is 1. The maximum atomic E-state index is 13.9. The molecule has 0 bridgehead atoms. The van der Waals surface area contributed by atoms with Crippen molar-refractivity contribution in [2.45, 2.75) is 33.1 Å². The second-order valence-corrected chi connectivity index (χ2v) is 6.62. The third kappa shape index (κ3) is 4.65. The maximum absolute atomic E-state index is 13.9. The molecule has 118 valence electrons. The van der Waals surface area contributed by atoms with Gasteiger partial charge in [0.2, 0.25) is 0 Å². The van der Waals surface area contributed by atoms with Gasteiger partial charge in [0, 0.05) is 23.8 Å². The van der Waals surface area contributed by atoms with E-state index in [1.165, 1.54) is 19.0 Å². The van der Waals surface area contributed by atoms with Gasteiger partial charge in [0.05, 0.1) is 0 Å². The monoisotopic (exact) mass is 357 g/mol. The molecular formula is C16H25BrFN3. The van der Waals surface area contributed by atoms with Crippen molar-refractivity contribution >= 4 is 21.7 Å². The van der Waals surface area contributed by atoms with Crippen molar-refractivity contribution in [3.63, 3.8) is 0 Å². The van der Waals surface area contributed by atoms with Crippen molar-refractivity contribution in [2.24, 2.45) is 5.92 Å². The number of nitrogens with zero attached hydrogens (tertiary/aromatic N) is 3. The van der Waals surface area contributed by atoms with Crippen LogP contribution in [0, 0.1) is 11.7 Å². The standard InChI is InChI=1S/C16H25BrFN3/c1-3-20(4-2)8-5-13-6-9-21(10-7-13)16-15(18)11-14(17)12-19-16/h11-13H,3-10H2,1-2H3. The minimum Gasteiger partial charge on any atom is -0.354 e. The summed E-state index contributed by atoms with van der Waals surface area (Å²) in [4.78, 5) is 8.78. The van der Waals surface area contributed by atoms with Crippen molar-refractivity contribution in [1.29, 1.82) is 0 Å². The van der Waals surface area contributed by atoms with Crippen LogP contribution in [0.5, 0.6) is 0 Å². The van der Waals surface area contributed by atoms with Gasteiger partial charge < -0.3 is 9.80 Å². The zero-order chi connectivity index (χ0) is 15.2. The highest BCUT2D eigenvalue weighted by Crippen LogP contribution is 2.27. The number of hydrogen-bond donors (Lipinski definition) is 0. The first-order valence-electron chi connectivity index (χ1n) is 7.92. The van der Waals surface area contributed by atoms with Crippen molar-refractivity contribution in [3.05, 3.63) is 22.6 Å². The van der Waals surface area contributed by atoms with E-state index in [-0.39, 0.29) is 5.82 Å². The predicted molar refractivity (Wildman–Crippen MR) is 89.2 cm³/mol. The van der Waals surface area contributed by atoms with E-state index >= 15 is 0 Å². The number of halogens is 2. The van der Waals surface area contributed by atoms with Gasteiger partial charge >= 0.3 is 0 Å². The van der Waals surface area contributed by atoms with Crippen LogP contribution in [0.1, 0.15) is 33.1 Å². The Kier molecular flexibility index (Phi) is 6.42. The molecule has 1 aromatic rings. The lowest BCUT2D eigenvalue weighted by Gasteiger charge is -2.33. The van der Waals surface area contributed by atoms with Crippen LogP contribution in [-0.4, -0.2) is 42.6 Å². The molecule has 0 unspecified atom stereocenters. The Bertz CT molecular complexity index is 443. The molecule has 1 aromatic heterocycles. The highest BCUT2D eigenvalue weighted by Gasteiger charge is 2.22. The maximum Gasteiger partial charge on any atom is 0.166 e. The molecule has 2 heterocycles. The van der Waals surface area contributed by atoms with Gasteiger partial charge in [-0.25, -0.2) is 9.37 Å². The molecule has 3 nitrogen and oxygen atoms in total. The van der Waals surface area contributed by atoms with Crippen molar-refractivity contribution in [3.8, 4) is 0 Å². The molecule has 1 fully saturated rings. The first-order chi connectivity index (χ1) is 10.1. The molecule has 0 aliphatic carbocycles. The summed E-state index contributed by atoms with van der Waals surface area (Å²) in [6.07, 6.45) is 5.20. The van der Waals surface area contributed by atoms with Crippen molar-refractivity contribution in [1.82, 2.24) is 9.88 Å². The fourth-order valence-corrected chi connectivity index (χ4v) is 3.28. The van der Waals surface area contributed by atoms with E-state index in [0.29, 0.717) is 10.3 Å². The first-order valence-corrected chi connectivity index (χ1v) is 8.71. The van der Waals surface area contributed by atoms with Crippen molar-refractivity contribution in [2.75, 3.05) is 37.6 Å². The lowest BCUT2D eigenvalue weighted by Crippen LogP contribution is -2.36. The molecule has 1 aliphatic heterocycles. The summed E-state index contributed by atoms with van der Waals surface area (Å²) >= 11 is 3.25. The third-order valence-electron chi connectivity index (χ3n) is 4.45. The van der Waals surface area contributed by atoms with Gasteiger partial charge in [-0.05, 0) is 66.8 Å². The Morgan fingerprint density at radius 3 is 2.57 bits per heavy atom. The second-order valence-electron chi connectivity index (χ2n) is 5.70. The van der Waals surface area contributed by atoms with Gasteiger partial charge in [-0.15, -0.1) is 0 Å². The fraction of sp³-hybridized carbons (Fsp3) is 0.688. The van der Waals surface area contributed by atoms with Crippen LogP contribution >= 0.6 is 15.9 Å². The average molecular weight is 358 g/mol. The first kappa shape index (κ1) is 16.7. The summed E-state index contributed by atoms with van der Waals surface area (Å²) in [7, 11) is 0. The third-order valence-corrected chi connectivity index (χ3v) is 4.88. The van der Waals surface area contributed by atoms with Gasteiger partial charge in [0.1, 0.15) is 0 Å². The highest BCUT2D eigenvalue weighted by molar-refractivity contribution is 9.10. The molecule has 0 aromatic carbocycles. The molecule has 1 aliphatic rings. The Morgan fingerprint density at radius 1 is 1.33 bits per heavy atom. The zero-order valence-corrected chi connectivity index (χ0v) is 14.6. The van der Waals surface area contributed by atoms with E-state index in [1.54, 1.807) is 6.20 Å². The summed E-state index contributed by atoms with van der Waals surface area (Å²) in [5.74, 6) is 1.03. The predicted octanol–water partition coefficient (Wildman–Crippen LogP) is 3.93. The van der Waals surface area contributed by atoms with Crippen LogP contribution in [0.4, 0.5) is 10.2 Å². The molecule has 0 atom stereocenters. The van der Waals surface area contributed by atoms with Crippen LogP contribution < -0.4 is 4.90 Å². The Morgan fingerprint density at radius 2 is 2.00 bits per heavy atom. The molecule has 0 amide bonds. The van der Waals surface area contributed by atoms with Crippen LogP contribution in [0.2, 0.25) is 0 Å². The van der Waals surface area contributed by atoms with E-state index in [1.807, 2.05) is 0 Å². The largest absolute Gasteiger partial charge is 0.354 e. The van der Waals surface area contributed by atoms with E-state index in [0.717, 1.165) is 44.9 Å². The Hall–Kier alpha value is -0.680. The Labute approximate surface area is 135 Å². The zero-order valence-electron chi connectivity index (χ0n) is 13.0. The second kappa shape index (κ2) is 8.08. The summed E-state index contributed by atoms with van der Waals surface area (Å²) in [6, 6.07) is 1.49. The van der Waals surface area contributed by atoms with Crippen LogP contribution in [0.15, 0.2) is 16.7 Å². The van der Waals surface area contributed by atoms with Crippen LogP contribution in [0.25, 0.3) is 0 Å². The average Bonchev–Trinajstić information content (AvgIpc) is 2.49. The highest BCUT2D eigenvalue weighted by atomic mass is 79.9. The van der Waals surface area contributed by atoms with E-state index < -0.39 is 0 Å². The number of anilines is 1. The molecule has 2 rings (SSSR count). The minimum atomic E-state index is -0.231. The van der Waals surface area contributed by atoms with E-state index in [4.69, 9.17) is 0 Å². The van der Waals surface area contributed by atoms with Gasteiger partial charge in [0.15, 0.2) is 11.6 Å². The molecule has 5 heteroatoms. The lowest BCUT2D eigenvalue weighted by atomic mass is 9.93. The molecule has 0 spiro atoms. The molecule has 0 N–H and O–H groups in total. The van der Waals surface area contributed by atoms with E-state index in [2.05, 4.69) is 44.6 Å². The molecular weight excluding hydrogens is 333 g/mol. The van der Waals surface area contributed by atoms with Crippen molar-refractivity contribution < 1.29 is 4.39 Å². The number of hydrogen-bond acceptors (Lipinski definition) is 3. The molecule has 0 saturated carbocycles. The van der Waals surface area contributed by atoms with Gasteiger partial charge in [-0.2, -0.15) is 0 Å². The van der Waals surface area contributed by atoms with Gasteiger partial charge in [0.25, 0.3) is 0 Å². The molecule has 1 saturated heterocycles. The van der Waals surface area contributed by atoms with Crippen LogP contribution in [0.3, 0.4) is 0 Å². The topological polar surface area (TPSA) is 19.4 Å². The molecule has 21 heavy (non-hydrogen) atoms. The number of aromatic nitrogens is 1. The fourth-order valence-electron chi connectivity index (χ4n) is 2.98. The summed E-state index contributed by atoms with van der Waals surface area (Å²) in [6.45, 7) is 9.69. The number of rotatable bonds is 6. The van der Waals surface area contributed by atoms with Gasteiger partial charge in [-0.3, -0.25) is 0 Å². The smallest absolute Gasteiger partial charge is 0.166 e. The summed E-state index contributed by atoms with van der Waals surface area (Å²) < 4.78 is 14.6. The quantitative estimate of drug-likeness (QED) is 0.768. The molecule has 0 radical (unpaired) electrons. The lowest BCUT2D eigenvalue weighted by molar-refractivity contribution is 0.259. The Balaban J connectivity index is 1.83. The van der Waals surface area contributed by atoms with E-state index in [9.17, 15) is 4.39 Å². The van der Waals surface area contributed by atoms with Crippen LogP contribution in [-0.2, 0) is 0 Å².